The van der Waals surface area contributed by atoms with Crippen molar-refractivity contribution in [1.82, 2.24) is 10.2 Å². The summed E-state index contributed by atoms with van der Waals surface area (Å²) >= 11 is 0. The number of hydrogen-bond acceptors (Lipinski definition) is 7. The molecule has 1 heterocycles. The van der Waals surface area contributed by atoms with Crippen LogP contribution in [0, 0.1) is 24.0 Å². The van der Waals surface area contributed by atoms with Gasteiger partial charge in [0, 0.05) is 11.5 Å². The number of amides is 1. The van der Waals surface area contributed by atoms with Crippen molar-refractivity contribution in [1.29, 1.82) is 0 Å². The Bertz CT molecular complexity index is 1200. The van der Waals surface area contributed by atoms with Gasteiger partial charge in [-0.05, 0) is 31.0 Å². The monoisotopic (exact) mass is 396 g/mol. The Morgan fingerprint density at radius 2 is 1.86 bits per heavy atom. The second-order valence-corrected chi connectivity index (χ2v) is 6.23. The number of anilines is 1. The van der Waals surface area contributed by atoms with Crippen LogP contribution in [0.15, 0.2) is 41.2 Å². The molecule has 1 aromatic heterocycles. The van der Waals surface area contributed by atoms with Crippen LogP contribution >= 0.6 is 0 Å². The van der Waals surface area contributed by atoms with Gasteiger partial charge in [-0.3, -0.25) is 19.7 Å². The predicted molar refractivity (Wildman–Crippen MR) is 104 cm³/mol. The van der Waals surface area contributed by atoms with Gasteiger partial charge in [0.05, 0.1) is 10.3 Å². The average Bonchev–Trinajstić information content (AvgIpc) is 2.70. The lowest BCUT2D eigenvalue weighted by molar-refractivity contribution is -0.384. The lowest BCUT2D eigenvalue weighted by atomic mass is 10.1. The fourth-order valence-corrected chi connectivity index (χ4v) is 2.76. The van der Waals surface area contributed by atoms with Crippen molar-refractivity contribution in [3.63, 3.8) is 0 Å². The molecule has 10 heteroatoms. The smallest absolute Gasteiger partial charge is 0.359 e. The lowest BCUT2D eigenvalue weighted by Gasteiger charge is -2.11. The number of aromatic nitrogens is 2. The van der Waals surface area contributed by atoms with Gasteiger partial charge < -0.3 is 10.1 Å². The SMILES string of the molecule is Cc1ccc([N+](=O)[O-])c(NC(=O)COC(=O)c2n[nH]c(=O)c3ccccc23)c1C. The van der Waals surface area contributed by atoms with E-state index in [0.717, 1.165) is 5.56 Å². The number of carbonyl (C=O) groups excluding carboxylic acids is 2. The normalized spacial score (nSPS) is 10.6. The number of nitrogens with zero attached hydrogens (tertiary/aromatic N) is 2. The van der Waals surface area contributed by atoms with E-state index in [9.17, 15) is 24.5 Å². The van der Waals surface area contributed by atoms with Gasteiger partial charge in [0.1, 0.15) is 5.69 Å². The van der Waals surface area contributed by atoms with E-state index in [2.05, 4.69) is 15.5 Å². The standard InChI is InChI=1S/C19H16N4O6/c1-10-7-8-14(23(27)28)16(11(10)2)20-15(24)9-29-19(26)17-12-5-3-4-6-13(12)18(25)22-21-17/h3-8H,9H2,1-2H3,(H,20,24)(H,22,25). The number of fused-ring (bicyclic) bond motifs is 1. The maximum Gasteiger partial charge on any atom is 0.359 e. The number of aromatic amines is 1. The maximum absolute atomic E-state index is 12.3. The molecule has 0 fully saturated rings. The highest BCUT2D eigenvalue weighted by molar-refractivity contribution is 6.03. The van der Waals surface area contributed by atoms with Gasteiger partial charge in [0.25, 0.3) is 17.2 Å². The maximum atomic E-state index is 12.3. The third-order valence-electron chi connectivity index (χ3n) is 4.40. The number of aryl methyl sites for hydroxylation is 1. The predicted octanol–water partition coefficient (Wildman–Crippen LogP) is 2.24. The first-order chi connectivity index (χ1) is 13.8. The van der Waals surface area contributed by atoms with E-state index in [1.54, 1.807) is 32.0 Å². The van der Waals surface area contributed by atoms with Gasteiger partial charge >= 0.3 is 5.97 Å². The van der Waals surface area contributed by atoms with Gasteiger partial charge in [-0.1, -0.05) is 24.3 Å². The Morgan fingerprint density at radius 1 is 1.17 bits per heavy atom. The van der Waals surface area contributed by atoms with Gasteiger partial charge in [-0.2, -0.15) is 5.10 Å². The highest BCUT2D eigenvalue weighted by Crippen LogP contribution is 2.30. The highest BCUT2D eigenvalue weighted by atomic mass is 16.6. The largest absolute Gasteiger partial charge is 0.451 e. The van der Waals surface area contributed by atoms with E-state index in [4.69, 9.17) is 4.74 Å². The fourth-order valence-electron chi connectivity index (χ4n) is 2.76. The summed E-state index contributed by atoms with van der Waals surface area (Å²) in [7, 11) is 0. The molecule has 148 valence electrons. The Labute approximate surface area is 163 Å². The molecule has 0 aliphatic rings. The molecule has 3 rings (SSSR count). The minimum Gasteiger partial charge on any atom is -0.451 e. The molecule has 3 aromatic rings. The molecule has 0 bridgehead atoms. The molecule has 0 aliphatic heterocycles. The van der Waals surface area contributed by atoms with E-state index in [1.807, 2.05) is 0 Å². The summed E-state index contributed by atoms with van der Waals surface area (Å²) in [5, 5.41) is 20.1. The zero-order chi connectivity index (χ0) is 21.1. The molecular formula is C19H16N4O6. The molecule has 29 heavy (non-hydrogen) atoms. The summed E-state index contributed by atoms with van der Waals surface area (Å²) in [5.41, 5.74) is 0.464. The number of rotatable bonds is 5. The second kappa shape index (κ2) is 7.89. The quantitative estimate of drug-likeness (QED) is 0.382. The molecule has 0 atom stereocenters. The van der Waals surface area contributed by atoms with Crippen molar-refractivity contribution in [3.05, 3.63) is 73.7 Å². The Hall–Kier alpha value is -4.08. The van der Waals surface area contributed by atoms with E-state index < -0.39 is 29.0 Å². The summed E-state index contributed by atoms with van der Waals surface area (Å²) in [6.07, 6.45) is 0. The Balaban J connectivity index is 1.77. The number of ether oxygens (including phenoxy) is 1. The summed E-state index contributed by atoms with van der Waals surface area (Å²) in [6, 6.07) is 9.20. The first-order valence-corrected chi connectivity index (χ1v) is 8.48. The second-order valence-electron chi connectivity index (χ2n) is 6.23. The van der Waals surface area contributed by atoms with Crippen molar-refractivity contribution in [2.75, 3.05) is 11.9 Å². The van der Waals surface area contributed by atoms with Crippen molar-refractivity contribution in [2.45, 2.75) is 13.8 Å². The molecule has 1 amide bonds. The third kappa shape index (κ3) is 3.95. The van der Waals surface area contributed by atoms with Crippen molar-refractivity contribution in [2.24, 2.45) is 0 Å². The topological polar surface area (TPSA) is 144 Å². The van der Waals surface area contributed by atoms with Gasteiger partial charge in [-0.15, -0.1) is 0 Å². The molecule has 0 spiro atoms. The summed E-state index contributed by atoms with van der Waals surface area (Å²) in [5.74, 6) is -1.66. The minimum absolute atomic E-state index is 0.0451. The molecule has 0 unspecified atom stereocenters. The minimum atomic E-state index is -0.914. The van der Waals surface area contributed by atoms with E-state index in [-0.39, 0.29) is 27.8 Å². The first-order valence-electron chi connectivity index (χ1n) is 8.48. The van der Waals surface area contributed by atoms with Crippen molar-refractivity contribution in [3.8, 4) is 0 Å². The number of esters is 1. The van der Waals surface area contributed by atoms with E-state index in [0.29, 0.717) is 5.56 Å². The van der Waals surface area contributed by atoms with E-state index >= 15 is 0 Å². The lowest BCUT2D eigenvalue weighted by Crippen LogP contribution is -2.23. The molecule has 10 nitrogen and oxygen atoms in total. The average molecular weight is 396 g/mol. The number of nitro groups is 1. The van der Waals surface area contributed by atoms with Gasteiger partial charge in [-0.25, -0.2) is 9.89 Å². The molecule has 2 aromatic carbocycles. The molecular weight excluding hydrogens is 380 g/mol. The van der Waals surface area contributed by atoms with Crippen LogP contribution in [-0.2, 0) is 9.53 Å². The van der Waals surface area contributed by atoms with Crippen LogP contribution < -0.4 is 10.9 Å². The Morgan fingerprint density at radius 3 is 2.55 bits per heavy atom. The number of H-pyrrole nitrogens is 1. The number of benzene rings is 2. The number of nitro benzene ring substituents is 1. The zero-order valence-corrected chi connectivity index (χ0v) is 15.5. The molecule has 0 aliphatic carbocycles. The summed E-state index contributed by atoms with van der Waals surface area (Å²) < 4.78 is 4.98. The van der Waals surface area contributed by atoms with Gasteiger partial charge in [0.15, 0.2) is 12.3 Å². The number of carbonyl (C=O) groups is 2. The molecule has 0 saturated heterocycles. The molecule has 0 radical (unpaired) electrons. The first kappa shape index (κ1) is 19.7. The van der Waals surface area contributed by atoms with Crippen LogP contribution in [0.4, 0.5) is 11.4 Å². The van der Waals surface area contributed by atoms with Crippen molar-refractivity contribution < 1.29 is 19.2 Å². The van der Waals surface area contributed by atoms with Crippen molar-refractivity contribution >= 4 is 34.0 Å². The number of nitrogens with one attached hydrogen (secondary N) is 2. The summed E-state index contributed by atoms with van der Waals surface area (Å²) in [6.45, 7) is 2.71. The Kier molecular flexibility index (Phi) is 5.35. The third-order valence-corrected chi connectivity index (χ3v) is 4.40. The number of hydrogen-bond donors (Lipinski definition) is 2. The molecule has 0 saturated carbocycles. The van der Waals surface area contributed by atoms with Gasteiger partial charge in [0.2, 0.25) is 0 Å². The fraction of sp³-hybridized carbons (Fsp3) is 0.158. The van der Waals surface area contributed by atoms with Crippen LogP contribution in [0.25, 0.3) is 10.8 Å². The van der Waals surface area contributed by atoms with E-state index in [1.165, 1.54) is 18.2 Å². The van der Waals surface area contributed by atoms with Crippen LogP contribution in [0.1, 0.15) is 21.6 Å². The molecule has 2 N–H and O–H groups in total. The highest BCUT2D eigenvalue weighted by Gasteiger charge is 2.21. The summed E-state index contributed by atoms with van der Waals surface area (Å²) in [4.78, 5) is 46.9. The van der Waals surface area contributed by atoms with Crippen LogP contribution in [-0.4, -0.2) is 33.6 Å². The zero-order valence-electron chi connectivity index (χ0n) is 15.5. The van der Waals surface area contributed by atoms with Crippen LogP contribution in [0.2, 0.25) is 0 Å². The van der Waals surface area contributed by atoms with Crippen LogP contribution in [0.3, 0.4) is 0 Å². The van der Waals surface area contributed by atoms with Crippen LogP contribution in [0.5, 0.6) is 0 Å².